The van der Waals surface area contributed by atoms with E-state index in [9.17, 15) is 0 Å². The Morgan fingerprint density at radius 2 is 0.833 bits per heavy atom. The molecule has 0 N–H and O–H groups in total. The van der Waals surface area contributed by atoms with Crippen molar-refractivity contribution in [3.63, 3.8) is 0 Å². The van der Waals surface area contributed by atoms with Crippen LogP contribution in [0.2, 0.25) is 0 Å². The summed E-state index contributed by atoms with van der Waals surface area (Å²) in [6, 6.07) is 87.3. The first-order valence-corrected chi connectivity index (χ1v) is 22.9. The molecule has 0 saturated carbocycles. The third kappa shape index (κ3) is 5.21. The lowest BCUT2D eigenvalue weighted by Gasteiger charge is -2.34. The number of aromatic nitrogens is 2. The monoisotopic (exact) mass is 836 g/mol. The van der Waals surface area contributed by atoms with E-state index in [1.54, 1.807) is 0 Å². The number of hydrogen-bond acceptors (Lipinski definition) is 1. The Labute approximate surface area is 383 Å². The lowest BCUT2D eigenvalue weighted by atomic mass is 9.67. The number of rotatable bonds is 6. The Morgan fingerprint density at radius 1 is 0.318 bits per heavy atom. The van der Waals surface area contributed by atoms with E-state index in [-0.39, 0.29) is 0 Å². The van der Waals surface area contributed by atoms with Crippen LogP contribution in [0, 0.1) is 0 Å². The Bertz CT molecular complexity index is 3850. The van der Waals surface area contributed by atoms with E-state index in [1.165, 1.54) is 105 Å². The molecule has 66 heavy (non-hydrogen) atoms. The number of fused-ring (bicyclic) bond motifs is 9. The molecule has 0 unspecified atom stereocenters. The number of nitrogens with zero attached hydrogens (tertiary/aromatic N) is 2. The minimum atomic E-state index is -0.464. The van der Waals surface area contributed by atoms with Crippen LogP contribution >= 0.6 is 0 Å². The van der Waals surface area contributed by atoms with E-state index >= 15 is 0 Å². The molecule has 0 radical (unpaired) electrons. The van der Waals surface area contributed by atoms with Gasteiger partial charge >= 0.3 is 0 Å². The van der Waals surface area contributed by atoms with Gasteiger partial charge in [0.05, 0.1) is 22.1 Å². The predicted molar refractivity (Wildman–Crippen MR) is 274 cm³/mol. The van der Waals surface area contributed by atoms with Crippen molar-refractivity contribution in [1.29, 1.82) is 0 Å². The molecular formula is C64H40N2. The third-order valence-electron chi connectivity index (χ3n) is 14.5. The smallest absolute Gasteiger partial charge is 0.0781 e. The van der Waals surface area contributed by atoms with Gasteiger partial charge in [-0.15, -0.1) is 0 Å². The van der Waals surface area contributed by atoms with Crippen LogP contribution in [-0.2, 0) is 5.41 Å². The molecule has 306 valence electrons. The van der Waals surface area contributed by atoms with E-state index in [0.29, 0.717) is 0 Å². The second-order valence-electron chi connectivity index (χ2n) is 17.8. The maximum Gasteiger partial charge on any atom is 0.0781 e. The van der Waals surface area contributed by atoms with Gasteiger partial charge in [0.15, 0.2) is 0 Å². The quantitative estimate of drug-likeness (QED) is 0.163. The first kappa shape index (κ1) is 36.8. The maximum atomic E-state index is 5.15. The Kier molecular flexibility index (Phi) is 7.93. The zero-order chi connectivity index (χ0) is 43.3. The summed E-state index contributed by atoms with van der Waals surface area (Å²) in [6.07, 6.45) is 2.07. The highest BCUT2D eigenvalue weighted by Crippen LogP contribution is 2.57. The van der Waals surface area contributed by atoms with Crippen molar-refractivity contribution < 1.29 is 0 Å². The largest absolute Gasteiger partial charge is 0.309 e. The topological polar surface area (TPSA) is 17.8 Å². The van der Waals surface area contributed by atoms with Gasteiger partial charge in [-0.05, 0) is 121 Å². The highest BCUT2D eigenvalue weighted by atomic mass is 15.0. The molecule has 0 bridgehead atoms. The zero-order valence-corrected chi connectivity index (χ0v) is 36.0. The van der Waals surface area contributed by atoms with Crippen LogP contribution in [0.25, 0.3) is 105 Å². The Balaban J connectivity index is 0.939. The summed E-state index contributed by atoms with van der Waals surface area (Å²) in [5.41, 5.74) is 22.7. The second-order valence-corrected chi connectivity index (χ2v) is 17.8. The summed E-state index contributed by atoms with van der Waals surface area (Å²) < 4.78 is 2.42. The highest BCUT2D eigenvalue weighted by Gasteiger charge is 2.46. The van der Waals surface area contributed by atoms with Gasteiger partial charge < -0.3 is 4.57 Å². The summed E-state index contributed by atoms with van der Waals surface area (Å²) in [6.45, 7) is 0. The minimum absolute atomic E-state index is 0.464. The fourth-order valence-corrected chi connectivity index (χ4v) is 11.6. The second kappa shape index (κ2) is 14.2. The van der Waals surface area contributed by atoms with Crippen molar-refractivity contribution in [2.75, 3.05) is 0 Å². The van der Waals surface area contributed by atoms with E-state index in [1.807, 2.05) is 0 Å². The number of hydrogen-bond donors (Lipinski definition) is 0. The molecule has 2 heteroatoms. The maximum absolute atomic E-state index is 5.15. The molecule has 2 aromatic heterocycles. The fourth-order valence-electron chi connectivity index (χ4n) is 11.6. The lowest BCUT2D eigenvalue weighted by molar-refractivity contribution is 0.769. The minimum Gasteiger partial charge on any atom is -0.309 e. The number of pyridine rings is 1. The lowest BCUT2D eigenvalue weighted by Crippen LogP contribution is -2.28. The SMILES string of the molecule is c1ccc(-n2c3ccc(-c4cccc(-c5ncc6c7c(cccc57)-c5ccccc5-6)c4)cc3c3cc(-c4ccc5c(c4)C(c4ccccc4)(c4ccccc4)c4ccccc4-5)ccc32)cc1. The summed E-state index contributed by atoms with van der Waals surface area (Å²) in [7, 11) is 0. The van der Waals surface area contributed by atoms with Gasteiger partial charge in [0.2, 0.25) is 0 Å². The van der Waals surface area contributed by atoms with Crippen molar-refractivity contribution >= 4 is 32.6 Å². The van der Waals surface area contributed by atoms with Crippen molar-refractivity contribution in [3.05, 3.63) is 265 Å². The van der Waals surface area contributed by atoms with Gasteiger partial charge in [-0.25, -0.2) is 0 Å². The molecular weight excluding hydrogens is 797 g/mol. The predicted octanol–water partition coefficient (Wildman–Crippen LogP) is 16.3. The number of para-hydroxylation sites is 1. The molecule has 2 nitrogen and oxygen atoms in total. The average Bonchev–Trinajstić information content (AvgIpc) is 4.01. The highest BCUT2D eigenvalue weighted by molar-refractivity contribution is 6.18. The molecule has 0 atom stereocenters. The van der Waals surface area contributed by atoms with Crippen molar-refractivity contribution in [2.45, 2.75) is 5.41 Å². The molecule has 2 aliphatic carbocycles. The van der Waals surface area contributed by atoms with Crippen LogP contribution < -0.4 is 0 Å². The molecule has 2 heterocycles. The first-order chi connectivity index (χ1) is 32.7. The number of benzene rings is 10. The van der Waals surface area contributed by atoms with Gasteiger partial charge in [-0.1, -0.05) is 188 Å². The van der Waals surface area contributed by atoms with Crippen LogP contribution in [0.1, 0.15) is 22.3 Å². The molecule has 10 aromatic carbocycles. The molecule has 0 aliphatic heterocycles. The van der Waals surface area contributed by atoms with Crippen LogP contribution in [-0.4, -0.2) is 9.55 Å². The third-order valence-corrected chi connectivity index (χ3v) is 14.5. The molecule has 12 aromatic rings. The van der Waals surface area contributed by atoms with Crippen LogP contribution in [0.4, 0.5) is 0 Å². The molecule has 0 fully saturated rings. The normalized spacial score (nSPS) is 13.0. The molecule has 0 spiro atoms. The Hall–Kier alpha value is -8.59. The van der Waals surface area contributed by atoms with Gasteiger partial charge in [0.25, 0.3) is 0 Å². The van der Waals surface area contributed by atoms with E-state index < -0.39 is 5.41 Å². The van der Waals surface area contributed by atoms with E-state index in [0.717, 1.165) is 22.5 Å². The standard InChI is InChI=1S/C64H40N2/c1-4-18-46(19-5-1)64(47-20-6-2-7-21-47)58-29-13-12-26-51(58)52-33-30-44(39-59(52)64)43-32-35-61-56(38-43)55-37-42(31-34-60(55)66(61)48-22-8-3-9-23-48)41-16-14-17-45(36-41)63-54-28-15-27-53-49-24-10-11-25-50(49)57(40-65-63)62(53)54/h1-40H. The zero-order valence-electron chi connectivity index (χ0n) is 36.0. The van der Waals surface area contributed by atoms with Gasteiger partial charge in [0.1, 0.15) is 0 Å². The summed E-state index contributed by atoms with van der Waals surface area (Å²) in [5, 5.41) is 4.92. The van der Waals surface area contributed by atoms with Crippen LogP contribution in [0.3, 0.4) is 0 Å². The average molecular weight is 837 g/mol. The van der Waals surface area contributed by atoms with Gasteiger partial charge in [-0.3, -0.25) is 4.98 Å². The summed E-state index contributed by atoms with van der Waals surface area (Å²) in [4.78, 5) is 5.15. The molecule has 0 amide bonds. The van der Waals surface area contributed by atoms with Gasteiger partial charge in [-0.2, -0.15) is 0 Å². The fraction of sp³-hybridized carbons (Fsp3) is 0.0156. The van der Waals surface area contributed by atoms with Crippen LogP contribution in [0.15, 0.2) is 243 Å². The van der Waals surface area contributed by atoms with Gasteiger partial charge in [0, 0.05) is 44.6 Å². The van der Waals surface area contributed by atoms with E-state index in [4.69, 9.17) is 4.98 Å². The summed E-state index contributed by atoms with van der Waals surface area (Å²) >= 11 is 0. The first-order valence-electron chi connectivity index (χ1n) is 22.9. The molecule has 0 saturated heterocycles. The van der Waals surface area contributed by atoms with E-state index in [2.05, 4.69) is 247 Å². The molecule has 14 rings (SSSR count). The summed E-state index contributed by atoms with van der Waals surface area (Å²) in [5.74, 6) is 0. The molecule has 2 aliphatic rings. The Morgan fingerprint density at radius 3 is 1.53 bits per heavy atom. The van der Waals surface area contributed by atoms with Crippen molar-refractivity contribution in [1.82, 2.24) is 9.55 Å². The van der Waals surface area contributed by atoms with Crippen molar-refractivity contribution in [3.8, 4) is 72.6 Å². The van der Waals surface area contributed by atoms with Crippen LogP contribution in [0.5, 0.6) is 0 Å². The van der Waals surface area contributed by atoms with Crippen molar-refractivity contribution in [2.24, 2.45) is 0 Å².